The molecule has 1 aromatic carbocycles. The highest BCUT2D eigenvalue weighted by molar-refractivity contribution is 7.13. The quantitative estimate of drug-likeness (QED) is 0.810. The summed E-state index contributed by atoms with van der Waals surface area (Å²) in [4.78, 5) is 28.7. The summed E-state index contributed by atoms with van der Waals surface area (Å²) in [5.41, 5.74) is 2.17. The summed E-state index contributed by atoms with van der Waals surface area (Å²) in [6.45, 7) is 1.86. The number of anilines is 2. The Morgan fingerprint density at radius 1 is 1.28 bits per heavy atom. The lowest BCUT2D eigenvalue weighted by molar-refractivity contribution is -0.119. The van der Waals surface area contributed by atoms with Crippen molar-refractivity contribution >= 4 is 45.6 Å². The summed E-state index contributed by atoms with van der Waals surface area (Å²) >= 11 is 7.41. The zero-order valence-corrected chi connectivity index (χ0v) is 15.5. The van der Waals surface area contributed by atoms with E-state index >= 15 is 0 Å². The monoisotopic (exact) mass is 377 g/mol. The van der Waals surface area contributed by atoms with Gasteiger partial charge in [-0.05, 0) is 37.5 Å². The number of benzene rings is 1. The van der Waals surface area contributed by atoms with Gasteiger partial charge in [-0.15, -0.1) is 11.3 Å². The van der Waals surface area contributed by atoms with Crippen LogP contribution >= 0.6 is 22.9 Å². The molecule has 0 unspecified atom stereocenters. The fourth-order valence-electron chi connectivity index (χ4n) is 2.94. The van der Waals surface area contributed by atoms with Crippen LogP contribution in [0.2, 0.25) is 5.02 Å². The van der Waals surface area contributed by atoms with Crippen molar-refractivity contribution in [1.29, 1.82) is 0 Å². The molecule has 0 spiro atoms. The zero-order chi connectivity index (χ0) is 17.8. The van der Waals surface area contributed by atoms with Gasteiger partial charge in [0, 0.05) is 22.0 Å². The summed E-state index contributed by atoms with van der Waals surface area (Å²) in [5.74, 6) is -0.0248. The van der Waals surface area contributed by atoms with Crippen LogP contribution in [0, 0.1) is 12.8 Å². The van der Waals surface area contributed by atoms with E-state index in [1.807, 2.05) is 13.0 Å². The minimum absolute atomic E-state index is 0.0393. The molecular formula is C18H20ClN3O2S. The van der Waals surface area contributed by atoms with Crippen LogP contribution in [-0.2, 0) is 16.0 Å². The molecule has 2 aromatic rings. The van der Waals surface area contributed by atoms with E-state index < -0.39 is 0 Å². The second kappa shape index (κ2) is 7.97. The van der Waals surface area contributed by atoms with Gasteiger partial charge < -0.3 is 10.6 Å². The molecule has 1 heterocycles. The first-order chi connectivity index (χ1) is 12.0. The molecule has 7 heteroatoms. The van der Waals surface area contributed by atoms with Crippen molar-refractivity contribution < 1.29 is 9.59 Å². The van der Waals surface area contributed by atoms with Crippen LogP contribution in [0.3, 0.4) is 0 Å². The number of hydrogen-bond donors (Lipinski definition) is 2. The molecule has 0 saturated heterocycles. The minimum Gasteiger partial charge on any atom is -0.325 e. The molecule has 1 aliphatic rings. The number of hydrogen-bond acceptors (Lipinski definition) is 4. The Morgan fingerprint density at radius 2 is 2.04 bits per heavy atom. The van der Waals surface area contributed by atoms with Crippen molar-refractivity contribution in [3.8, 4) is 0 Å². The van der Waals surface area contributed by atoms with Crippen molar-refractivity contribution in [2.45, 2.75) is 39.0 Å². The standard InChI is InChI=1S/C18H20ClN3O2S/c1-11-14(19)7-4-8-15(11)21-16(23)9-13-10-25-18(20-13)22-17(24)12-5-2-3-6-12/h4,7-8,10,12H,2-3,5-6,9H2,1H3,(H,21,23)(H,20,22,24). The molecule has 2 amide bonds. The van der Waals surface area contributed by atoms with E-state index in [0.29, 0.717) is 21.5 Å². The predicted octanol–water partition coefficient (Wildman–Crippen LogP) is 4.41. The fourth-order valence-corrected chi connectivity index (χ4v) is 3.83. The van der Waals surface area contributed by atoms with Gasteiger partial charge in [0.15, 0.2) is 5.13 Å². The third-order valence-electron chi connectivity index (χ3n) is 4.39. The van der Waals surface area contributed by atoms with Gasteiger partial charge >= 0.3 is 0 Å². The largest absolute Gasteiger partial charge is 0.325 e. The molecule has 25 heavy (non-hydrogen) atoms. The molecule has 132 valence electrons. The summed E-state index contributed by atoms with van der Waals surface area (Å²) in [6.07, 6.45) is 4.28. The van der Waals surface area contributed by atoms with Crippen LogP contribution in [0.5, 0.6) is 0 Å². The molecule has 0 atom stereocenters. The highest BCUT2D eigenvalue weighted by Gasteiger charge is 2.23. The van der Waals surface area contributed by atoms with Gasteiger partial charge in [0.05, 0.1) is 12.1 Å². The van der Waals surface area contributed by atoms with Gasteiger partial charge in [0.25, 0.3) is 0 Å². The molecule has 0 aliphatic heterocycles. The predicted molar refractivity (Wildman–Crippen MR) is 101 cm³/mol. The van der Waals surface area contributed by atoms with Crippen molar-refractivity contribution in [1.82, 2.24) is 4.98 Å². The van der Waals surface area contributed by atoms with Crippen LogP contribution in [0.1, 0.15) is 36.9 Å². The van der Waals surface area contributed by atoms with Gasteiger partial charge in [-0.3, -0.25) is 9.59 Å². The van der Waals surface area contributed by atoms with Crippen molar-refractivity contribution in [3.63, 3.8) is 0 Å². The van der Waals surface area contributed by atoms with E-state index in [1.54, 1.807) is 17.5 Å². The van der Waals surface area contributed by atoms with Gasteiger partial charge in [-0.25, -0.2) is 4.98 Å². The minimum atomic E-state index is -0.163. The summed E-state index contributed by atoms with van der Waals surface area (Å²) in [7, 11) is 0. The fraction of sp³-hybridized carbons (Fsp3) is 0.389. The Bertz CT molecular complexity index is 784. The highest BCUT2D eigenvalue weighted by Crippen LogP contribution is 2.27. The summed E-state index contributed by atoms with van der Waals surface area (Å²) in [5, 5.41) is 8.68. The number of carbonyl (C=O) groups is 2. The van der Waals surface area contributed by atoms with E-state index in [-0.39, 0.29) is 24.2 Å². The first kappa shape index (κ1) is 17.9. The van der Waals surface area contributed by atoms with Crippen LogP contribution in [0.15, 0.2) is 23.6 Å². The zero-order valence-electron chi connectivity index (χ0n) is 14.0. The molecule has 0 bridgehead atoms. The Hall–Kier alpha value is -1.92. The molecule has 2 N–H and O–H groups in total. The molecular weight excluding hydrogens is 358 g/mol. The van der Waals surface area contributed by atoms with Crippen LogP contribution in [0.25, 0.3) is 0 Å². The average Bonchev–Trinajstić information content (AvgIpc) is 3.24. The van der Waals surface area contributed by atoms with Crippen molar-refractivity contribution in [2.24, 2.45) is 5.92 Å². The lowest BCUT2D eigenvalue weighted by Crippen LogP contribution is -2.20. The van der Waals surface area contributed by atoms with E-state index in [0.717, 1.165) is 31.2 Å². The number of rotatable bonds is 5. The Kier molecular flexibility index (Phi) is 5.71. The number of amides is 2. The van der Waals surface area contributed by atoms with Gasteiger partial charge in [0.1, 0.15) is 0 Å². The molecule has 1 aliphatic carbocycles. The van der Waals surface area contributed by atoms with Crippen LogP contribution in [0.4, 0.5) is 10.8 Å². The topological polar surface area (TPSA) is 71.1 Å². The number of thiazole rings is 1. The molecule has 3 rings (SSSR count). The molecule has 1 fully saturated rings. The third-order valence-corrected chi connectivity index (χ3v) is 5.61. The maximum atomic E-state index is 12.2. The lowest BCUT2D eigenvalue weighted by atomic mass is 10.1. The molecule has 0 radical (unpaired) electrons. The Morgan fingerprint density at radius 3 is 2.80 bits per heavy atom. The third kappa shape index (κ3) is 4.58. The van der Waals surface area contributed by atoms with Crippen LogP contribution in [-0.4, -0.2) is 16.8 Å². The molecule has 5 nitrogen and oxygen atoms in total. The molecule has 1 aromatic heterocycles. The highest BCUT2D eigenvalue weighted by atomic mass is 35.5. The second-order valence-corrected chi connectivity index (χ2v) is 7.52. The summed E-state index contributed by atoms with van der Waals surface area (Å²) in [6, 6.07) is 5.39. The van der Waals surface area contributed by atoms with E-state index in [9.17, 15) is 9.59 Å². The average molecular weight is 378 g/mol. The number of aromatic nitrogens is 1. The van der Waals surface area contributed by atoms with Gasteiger partial charge in [-0.1, -0.05) is 30.5 Å². The van der Waals surface area contributed by atoms with E-state index in [4.69, 9.17) is 11.6 Å². The smallest absolute Gasteiger partial charge is 0.230 e. The Labute approximate surface area is 155 Å². The number of halogens is 1. The van der Waals surface area contributed by atoms with Gasteiger partial charge in [-0.2, -0.15) is 0 Å². The lowest BCUT2D eigenvalue weighted by Gasteiger charge is -2.09. The van der Waals surface area contributed by atoms with Gasteiger partial charge in [0.2, 0.25) is 11.8 Å². The normalized spacial score (nSPS) is 14.5. The number of carbonyl (C=O) groups excluding carboxylic acids is 2. The van der Waals surface area contributed by atoms with Crippen LogP contribution < -0.4 is 10.6 Å². The second-order valence-electron chi connectivity index (χ2n) is 6.25. The number of nitrogens with one attached hydrogen (secondary N) is 2. The Balaban J connectivity index is 1.56. The maximum Gasteiger partial charge on any atom is 0.230 e. The SMILES string of the molecule is Cc1c(Cl)cccc1NC(=O)Cc1csc(NC(=O)C2CCCC2)n1. The first-order valence-electron chi connectivity index (χ1n) is 8.33. The molecule has 1 saturated carbocycles. The number of nitrogens with zero attached hydrogens (tertiary/aromatic N) is 1. The summed E-state index contributed by atoms with van der Waals surface area (Å²) < 4.78 is 0. The van der Waals surface area contributed by atoms with E-state index in [1.165, 1.54) is 11.3 Å². The first-order valence-corrected chi connectivity index (χ1v) is 9.59. The van der Waals surface area contributed by atoms with E-state index in [2.05, 4.69) is 15.6 Å². The maximum absolute atomic E-state index is 12.2. The van der Waals surface area contributed by atoms with Crippen molar-refractivity contribution in [2.75, 3.05) is 10.6 Å². The van der Waals surface area contributed by atoms with Crippen molar-refractivity contribution in [3.05, 3.63) is 39.9 Å².